The van der Waals surface area contributed by atoms with Crippen molar-refractivity contribution in [1.29, 1.82) is 0 Å². The van der Waals surface area contributed by atoms with Crippen LogP contribution < -0.4 is 0 Å². The third-order valence-electron chi connectivity index (χ3n) is 1.32. The van der Waals surface area contributed by atoms with Gasteiger partial charge in [-0.15, -0.1) is 0 Å². The Labute approximate surface area is 62.2 Å². The summed E-state index contributed by atoms with van der Waals surface area (Å²) in [7, 11) is 0. The maximum atomic E-state index is 11.1. The second kappa shape index (κ2) is 3.15. The average molecular weight is 144 g/mol. The lowest BCUT2D eigenvalue weighted by molar-refractivity contribution is -0.128. The molecule has 0 fully saturated rings. The minimum absolute atomic E-state index is 0.113. The number of ketones is 1. The highest BCUT2D eigenvalue weighted by Crippen LogP contribution is 2.17. The smallest absolute Gasteiger partial charge is 0.140 e. The van der Waals surface area contributed by atoms with E-state index < -0.39 is 6.10 Å². The average Bonchev–Trinajstić information content (AvgIpc) is 1.60. The zero-order valence-electron chi connectivity index (χ0n) is 7.14. The van der Waals surface area contributed by atoms with Crippen LogP contribution in [0.2, 0.25) is 0 Å². The standard InChI is InChI=1S/C8H16O2/c1-6(9)5-7(10)8(2,3)4/h6,9H,5H2,1-4H3. The Morgan fingerprint density at radius 3 is 2.00 bits per heavy atom. The molecule has 0 aromatic rings. The van der Waals surface area contributed by atoms with Gasteiger partial charge in [0, 0.05) is 11.8 Å². The number of carbonyl (C=O) groups is 1. The summed E-state index contributed by atoms with van der Waals surface area (Å²) in [5.74, 6) is 0.113. The van der Waals surface area contributed by atoms with E-state index in [4.69, 9.17) is 5.11 Å². The van der Waals surface area contributed by atoms with Crippen LogP contribution in [0.5, 0.6) is 0 Å². The van der Waals surface area contributed by atoms with Crippen molar-refractivity contribution < 1.29 is 9.90 Å². The van der Waals surface area contributed by atoms with Crippen LogP contribution in [-0.4, -0.2) is 17.0 Å². The second-order valence-electron chi connectivity index (χ2n) is 3.73. The number of aliphatic hydroxyl groups is 1. The summed E-state index contributed by atoms with van der Waals surface area (Å²) in [5, 5.41) is 8.87. The van der Waals surface area contributed by atoms with Gasteiger partial charge in [-0.05, 0) is 6.92 Å². The first-order chi connectivity index (χ1) is 4.34. The van der Waals surface area contributed by atoms with Gasteiger partial charge in [0.1, 0.15) is 5.78 Å². The summed E-state index contributed by atoms with van der Waals surface area (Å²) in [4.78, 5) is 11.1. The molecule has 1 unspecified atom stereocenters. The van der Waals surface area contributed by atoms with Gasteiger partial charge in [-0.3, -0.25) is 4.79 Å². The summed E-state index contributed by atoms with van der Waals surface area (Å²) in [6.45, 7) is 7.21. The van der Waals surface area contributed by atoms with Gasteiger partial charge in [0.2, 0.25) is 0 Å². The summed E-state index contributed by atoms with van der Waals surface area (Å²) in [6, 6.07) is 0. The van der Waals surface area contributed by atoms with Gasteiger partial charge in [0.25, 0.3) is 0 Å². The van der Waals surface area contributed by atoms with Crippen LogP contribution in [0, 0.1) is 5.41 Å². The van der Waals surface area contributed by atoms with Crippen LogP contribution in [0.25, 0.3) is 0 Å². The summed E-state index contributed by atoms with van der Waals surface area (Å²) in [6.07, 6.45) is -0.240. The maximum Gasteiger partial charge on any atom is 0.140 e. The van der Waals surface area contributed by atoms with Crippen LogP contribution in [0.1, 0.15) is 34.1 Å². The molecule has 0 aliphatic carbocycles. The highest BCUT2D eigenvalue weighted by atomic mass is 16.3. The molecule has 0 spiro atoms. The van der Waals surface area contributed by atoms with E-state index in [9.17, 15) is 4.79 Å². The Kier molecular flexibility index (Phi) is 3.03. The molecule has 0 rings (SSSR count). The van der Waals surface area contributed by atoms with Gasteiger partial charge < -0.3 is 5.11 Å². The van der Waals surface area contributed by atoms with Crippen LogP contribution in [0.3, 0.4) is 0 Å². The molecule has 0 bridgehead atoms. The quantitative estimate of drug-likeness (QED) is 0.635. The van der Waals surface area contributed by atoms with Gasteiger partial charge in [-0.2, -0.15) is 0 Å². The Hall–Kier alpha value is -0.370. The van der Waals surface area contributed by atoms with Gasteiger partial charge >= 0.3 is 0 Å². The minimum Gasteiger partial charge on any atom is -0.393 e. The largest absolute Gasteiger partial charge is 0.393 e. The van der Waals surface area contributed by atoms with Crippen molar-refractivity contribution in [2.24, 2.45) is 5.41 Å². The predicted octanol–water partition coefficient (Wildman–Crippen LogP) is 1.37. The first-order valence-corrected chi connectivity index (χ1v) is 3.55. The number of hydrogen-bond acceptors (Lipinski definition) is 2. The topological polar surface area (TPSA) is 37.3 Å². The van der Waals surface area contributed by atoms with Crippen molar-refractivity contribution in [3.05, 3.63) is 0 Å². The zero-order chi connectivity index (χ0) is 8.36. The molecule has 2 heteroatoms. The number of Topliss-reactive ketones (excluding diaryl/α,β-unsaturated/α-hetero) is 1. The van der Waals surface area contributed by atoms with Gasteiger partial charge in [0.05, 0.1) is 6.10 Å². The molecule has 0 aromatic carbocycles. The molecule has 0 saturated carbocycles. The third-order valence-corrected chi connectivity index (χ3v) is 1.32. The fourth-order valence-electron chi connectivity index (χ4n) is 0.574. The van der Waals surface area contributed by atoms with Crippen molar-refractivity contribution in [2.45, 2.75) is 40.2 Å². The van der Waals surface area contributed by atoms with Crippen molar-refractivity contribution in [3.63, 3.8) is 0 Å². The molecule has 0 aromatic heterocycles. The predicted molar refractivity (Wildman–Crippen MR) is 40.8 cm³/mol. The van der Waals surface area contributed by atoms with Crippen LogP contribution in [0.4, 0.5) is 0 Å². The summed E-state index contributed by atoms with van der Waals surface area (Å²) in [5.41, 5.74) is -0.309. The molecular weight excluding hydrogens is 128 g/mol. The molecule has 0 heterocycles. The number of carbonyl (C=O) groups excluding carboxylic acids is 1. The molecule has 1 N–H and O–H groups in total. The van der Waals surface area contributed by atoms with Gasteiger partial charge in [0.15, 0.2) is 0 Å². The van der Waals surface area contributed by atoms with E-state index in [1.807, 2.05) is 20.8 Å². The van der Waals surface area contributed by atoms with Crippen molar-refractivity contribution in [2.75, 3.05) is 0 Å². The highest BCUT2D eigenvalue weighted by Gasteiger charge is 2.21. The summed E-state index contributed by atoms with van der Waals surface area (Å²) >= 11 is 0. The molecular formula is C8H16O2. The first kappa shape index (κ1) is 9.63. The first-order valence-electron chi connectivity index (χ1n) is 3.55. The third kappa shape index (κ3) is 3.62. The monoisotopic (exact) mass is 144 g/mol. The van der Waals surface area contributed by atoms with E-state index in [1.54, 1.807) is 6.92 Å². The van der Waals surface area contributed by atoms with Gasteiger partial charge in [-0.25, -0.2) is 0 Å². The fraction of sp³-hybridized carbons (Fsp3) is 0.875. The van der Waals surface area contributed by atoms with Crippen LogP contribution in [-0.2, 0) is 4.79 Å². The Morgan fingerprint density at radius 1 is 1.50 bits per heavy atom. The fourth-order valence-corrected chi connectivity index (χ4v) is 0.574. The number of rotatable bonds is 2. The molecule has 0 radical (unpaired) electrons. The molecule has 0 amide bonds. The molecule has 0 saturated heterocycles. The SMILES string of the molecule is CC(O)CC(=O)C(C)(C)C. The normalized spacial score (nSPS) is 14.9. The molecule has 10 heavy (non-hydrogen) atoms. The lowest BCUT2D eigenvalue weighted by Crippen LogP contribution is -2.23. The van der Waals surface area contributed by atoms with Crippen LogP contribution >= 0.6 is 0 Å². The highest BCUT2D eigenvalue weighted by molar-refractivity contribution is 5.83. The molecule has 1 atom stereocenters. The van der Waals surface area contributed by atoms with Crippen molar-refractivity contribution >= 4 is 5.78 Å². The molecule has 2 nitrogen and oxygen atoms in total. The van der Waals surface area contributed by atoms with E-state index in [2.05, 4.69) is 0 Å². The van der Waals surface area contributed by atoms with E-state index in [-0.39, 0.29) is 17.6 Å². The Bertz CT molecular complexity index is 120. The Balaban J connectivity index is 3.87. The Morgan fingerprint density at radius 2 is 1.90 bits per heavy atom. The molecule has 0 aliphatic heterocycles. The number of hydrogen-bond donors (Lipinski definition) is 1. The minimum atomic E-state index is -0.508. The van der Waals surface area contributed by atoms with Crippen molar-refractivity contribution in [3.8, 4) is 0 Å². The van der Waals surface area contributed by atoms with E-state index in [0.717, 1.165) is 0 Å². The lowest BCUT2D eigenvalue weighted by atomic mass is 9.88. The second-order valence-corrected chi connectivity index (χ2v) is 3.73. The van der Waals surface area contributed by atoms with E-state index in [1.165, 1.54) is 0 Å². The van der Waals surface area contributed by atoms with E-state index >= 15 is 0 Å². The maximum absolute atomic E-state index is 11.1. The number of aliphatic hydroxyl groups excluding tert-OH is 1. The van der Waals surface area contributed by atoms with Gasteiger partial charge in [-0.1, -0.05) is 20.8 Å². The lowest BCUT2D eigenvalue weighted by Gasteiger charge is -2.17. The van der Waals surface area contributed by atoms with E-state index in [0.29, 0.717) is 0 Å². The summed E-state index contributed by atoms with van der Waals surface area (Å²) < 4.78 is 0. The zero-order valence-corrected chi connectivity index (χ0v) is 7.14. The van der Waals surface area contributed by atoms with Crippen LogP contribution in [0.15, 0.2) is 0 Å². The van der Waals surface area contributed by atoms with Crippen molar-refractivity contribution in [1.82, 2.24) is 0 Å². The molecule has 0 aliphatic rings. The molecule has 60 valence electrons.